The van der Waals surface area contributed by atoms with Gasteiger partial charge in [0.1, 0.15) is 0 Å². The van der Waals surface area contributed by atoms with Gasteiger partial charge in [-0.2, -0.15) is 0 Å². The lowest BCUT2D eigenvalue weighted by Gasteiger charge is -2.32. The lowest BCUT2D eigenvalue weighted by atomic mass is 10.9. The van der Waals surface area contributed by atoms with Crippen LogP contribution in [-0.2, 0) is 13.3 Å². The van der Waals surface area contributed by atoms with Crippen LogP contribution in [0.4, 0.5) is 0 Å². The van der Waals surface area contributed by atoms with Crippen molar-refractivity contribution in [2.75, 3.05) is 37.5 Å². The minimum absolute atomic E-state index is 0.180. The molecule has 0 fully saturated rings. The molecule has 0 unspecified atom stereocenters. The van der Waals surface area contributed by atoms with Gasteiger partial charge in [-0.1, -0.05) is 0 Å². The van der Waals surface area contributed by atoms with E-state index in [0.29, 0.717) is 0 Å². The summed E-state index contributed by atoms with van der Waals surface area (Å²) in [5, 5.41) is 0. The second-order valence-electron chi connectivity index (χ2n) is 2.67. The lowest BCUT2D eigenvalue weighted by molar-refractivity contribution is 0.0945. The summed E-state index contributed by atoms with van der Waals surface area (Å²) in [7, 11) is -3.38. The maximum Gasteiger partial charge on any atom is 0.527 e. The molecule has 0 rings (SSSR count). The number of hydrogen-bond donors (Lipinski definition) is 0. The second kappa shape index (κ2) is 9.88. The Morgan fingerprint density at radius 3 is 1.12 bits per heavy atom. The summed E-state index contributed by atoms with van der Waals surface area (Å²) in [6, 6.07) is 0. The summed E-state index contributed by atoms with van der Waals surface area (Å²) in [6.45, 7) is 0.539. The Balaban J connectivity index is 4.78. The van der Waals surface area contributed by atoms with Gasteiger partial charge in [0.15, 0.2) is 0 Å². The zero-order valence-electron chi connectivity index (χ0n) is 8.74. The molecule has 0 aromatic rings. The van der Waals surface area contributed by atoms with Crippen LogP contribution in [0.3, 0.4) is 0 Å². The fraction of sp³-hybridized carbons (Fsp3) is 1.00. The second-order valence-corrected chi connectivity index (χ2v) is 20.6. The number of halogens is 6. The van der Waals surface area contributed by atoms with E-state index in [1.807, 2.05) is 0 Å². The average molecular weight is 401 g/mol. The van der Waals surface area contributed by atoms with Gasteiger partial charge in [-0.25, -0.2) is 0 Å². The van der Waals surface area contributed by atoms with Crippen LogP contribution in [0, 0.1) is 0 Å². The first kappa shape index (κ1) is 19.1. The molecule has 0 saturated heterocycles. The van der Waals surface area contributed by atoms with Crippen LogP contribution < -0.4 is 0 Å². The first-order valence-corrected chi connectivity index (χ1v) is 14.0. The van der Waals surface area contributed by atoms with Crippen molar-refractivity contribution in [3.8, 4) is 0 Å². The largest absolute Gasteiger partial charge is 0.527 e. The Bertz CT molecular complexity index is 183. The summed E-state index contributed by atoms with van der Waals surface area (Å²) in [5.41, 5.74) is -3.34. The zero-order chi connectivity index (χ0) is 13.4. The minimum Gasteiger partial charge on any atom is -0.373 e. The first-order valence-electron chi connectivity index (χ1n) is 4.60. The van der Waals surface area contributed by atoms with Gasteiger partial charge < -0.3 is 13.3 Å². The summed E-state index contributed by atoms with van der Waals surface area (Å²) >= 11 is 34.6. The van der Waals surface area contributed by atoms with Crippen molar-refractivity contribution in [2.45, 2.75) is 0 Å². The predicted octanol–water partition coefficient (Wildman–Crippen LogP) is 3.43. The Morgan fingerprint density at radius 1 is 0.647 bits per heavy atom. The van der Waals surface area contributed by atoms with E-state index in [1.165, 1.54) is 0 Å². The van der Waals surface area contributed by atoms with E-state index in [1.54, 1.807) is 0 Å². The minimum atomic E-state index is -3.38. The van der Waals surface area contributed by atoms with E-state index in [4.69, 9.17) is 81.3 Å². The molecule has 104 valence electrons. The molecule has 0 aliphatic rings. The summed E-state index contributed by atoms with van der Waals surface area (Å²) in [4.78, 5) is 0. The Kier molecular flexibility index (Phi) is 11.1. The van der Waals surface area contributed by atoms with E-state index in [2.05, 4.69) is 0 Å². The highest BCUT2D eigenvalue weighted by molar-refractivity contribution is 7.86. The van der Waals surface area contributed by atoms with E-state index in [0.717, 1.165) is 0 Å². The third kappa shape index (κ3) is 6.85. The van der Waals surface area contributed by atoms with Gasteiger partial charge in [0, 0.05) is 17.6 Å². The van der Waals surface area contributed by atoms with Gasteiger partial charge in [0.05, 0.1) is 19.8 Å². The number of hydrogen-bond acceptors (Lipinski definition) is 3. The van der Waals surface area contributed by atoms with E-state index < -0.39 is 13.8 Å². The molecule has 0 spiro atoms. The normalized spacial score (nSPS) is 13.1. The SMILES string of the molecule is ClCCO[Si](OCCCl)(OCCCl)[Si](Cl)(Cl)Cl. The molecule has 0 heterocycles. The molecule has 3 nitrogen and oxygen atoms in total. The molecule has 0 aliphatic carbocycles. The maximum atomic E-state index is 5.99. The van der Waals surface area contributed by atoms with Crippen molar-refractivity contribution in [2.24, 2.45) is 0 Å². The molecule has 0 bridgehead atoms. The topological polar surface area (TPSA) is 27.7 Å². The molecule has 0 saturated carbocycles. The van der Waals surface area contributed by atoms with Crippen LogP contribution in [-0.4, -0.2) is 51.3 Å². The molecule has 0 aromatic carbocycles. The monoisotopic (exact) mass is 398 g/mol. The highest BCUT2D eigenvalue weighted by Gasteiger charge is 2.63. The van der Waals surface area contributed by atoms with Crippen LogP contribution in [0.5, 0.6) is 0 Å². The van der Waals surface area contributed by atoms with Crippen molar-refractivity contribution in [3.05, 3.63) is 0 Å². The highest BCUT2D eigenvalue weighted by Crippen LogP contribution is 2.34. The molecule has 0 N–H and O–H groups in total. The Morgan fingerprint density at radius 2 is 0.941 bits per heavy atom. The summed E-state index contributed by atoms with van der Waals surface area (Å²) in [5.74, 6) is 0.745. The Hall–Kier alpha value is 2.05. The Labute approximate surface area is 132 Å². The van der Waals surface area contributed by atoms with Gasteiger partial charge in [-0.15, -0.1) is 68.0 Å². The van der Waals surface area contributed by atoms with Gasteiger partial charge >= 0.3 is 13.8 Å². The summed E-state index contributed by atoms with van der Waals surface area (Å²) < 4.78 is 16.4. The average Bonchev–Trinajstić information content (AvgIpc) is 2.27. The fourth-order valence-electron chi connectivity index (χ4n) is 0.889. The van der Waals surface area contributed by atoms with E-state index in [-0.39, 0.29) is 37.5 Å². The maximum absolute atomic E-state index is 5.99. The standard InChI is InChI=1S/C6H12Cl6O3Si2/c7-1-4-13-17(14-5-2-8,15-6-3-9)16(10,11)12/h1-6H2. The smallest absolute Gasteiger partial charge is 0.373 e. The highest BCUT2D eigenvalue weighted by atomic mass is 35.8. The predicted molar refractivity (Wildman–Crippen MR) is 79.1 cm³/mol. The third-order valence-corrected chi connectivity index (χ3v) is 14.0. The van der Waals surface area contributed by atoms with Crippen LogP contribution in [0.2, 0.25) is 0 Å². The van der Waals surface area contributed by atoms with Gasteiger partial charge in [-0.3, -0.25) is 0 Å². The van der Waals surface area contributed by atoms with Crippen molar-refractivity contribution >= 4 is 81.9 Å². The number of rotatable bonds is 10. The number of alkyl halides is 3. The van der Waals surface area contributed by atoms with Crippen molar-refractivity contribution in [1.82, 2.24) is 0 Å². The van der Waals surface area contributed by atoms with Crippen LogP contribution in [0.1, 0.15) is 0 Å². The van der Waals surface area contributed by atoms with E-state index >= 15 is 0 Å². The molecule has 17 heavy (non-hydrogen) atoms. The lowest BCUT2D eigenvalue weighted by Crippen LogP contribution is -2.61. The fourth-order valence-corrected chi connectivity index (χ4v) is 10.2. The van der Waals surface area contributed by atoms with Crippen molar-refractivity contribution < 1.29 is 13.3 Å². The van der Waals surface area contributed by atoms with Crippen LogP contribution >= 0.6 is 68.0 Å². The van der Waals surface area contributed by atoms with Crippen LogP contribution in [0.25, 0.3) is 0 Å². The molecule has 0 radical (unpaired) electrons. The van der Waals surface area contributed by atoms with E-state index in [9.17, 15) is 0 Å². The van der Waals surface area contributed by atoms with Crippen molar-refractivity contribution in [3.63, 3.8) is 0 Å². The van der Waals surface area contributed by atoms with Crippen LogP contribution in [0.15, 0.2) is 0 Å². The molecule has 0 aromatic heterocycles. The molecular weight excluding hydrogens is 389 g/mol. The third-order valence-electron chi connectivity index (χ3n) is 1.45. The molecule has 0 aliphatic heterocycles. The van der Waals surface area contributed by atoms with Gasteiger partial charge in [0.25, 0.3) is 0 Å². The first-order chi connectivity index (χ1) is 7.93. The van der Waals surface area contributed by atoms with Gasteiger partial charge in [-0.05, 0) is 0 Å². The molecular formula is C6H12Cl6O3Si2. The quantitative estimate of drug-likeness (QED) is 0.319. The molecule has 11 heteroatoms. The molecule has 0 amide bonds. The van der Waals surface area contributed by atoms with Gasteiger partial charge in [0.2, 0.25) is 0 Å². The van der Waals surface area contributed by atoms with Crippen molar-refractivity contribution in [1.29, 1.82) is 0 Å². The zero-order valence-corrected chi connectivity index (χ0v) is 15.3. The molecule has 0 atom stereocenters. The summed E-state index contributed by atoms with van der Waals surface area (Å²) in [6.07, 6.45) is 0.